The zero-order chi connectivity index (χ0) is 10.2. The number of aliphatic hydroxyl groups is 1. The van der Waals surface area contributed by atoms with Crippen molar-refractivity contribution in [3.05, 3.63) is 0 Å². The second-order valence-electron chi connectivity index (χ2n) is 4.49. The van der Waals surface area contributed by atoms with E-state index in [0.29, 0.717) is 0 Å². The summed E-state index contributed by atoms with van der Waals surface area (Å²) in [6.07, 6.45) is 4.58. The van der Waals surface area contributed by atoms with E-state index in [1.165, 1.54) is 0 Å². The topological polar surface area (TPSA) is 66.6 Å². The van der Waals surface area contributed by atoms with Gasteiger partial charge in [-0.3, -0.25) is 4.79 Å². The largest absolute Gasteiger partial charge is 0.394 e. The van der Waals surface area contributed by atoms with Gasteiger partial charge in [0.15, 0.2) is 0 Å². The number of nitrogens with zero attached hydrogens (tertiary/aromatic N) is 1. The van der Waals surface area contributed by atoms with Crippen molar-refractivity contribution in [1.82, 2.24) is 4.90 Å². The van der Waals surface area contributed by atoms with Gasteiger partial charge in [-0.2, -0.15) is 0 Å². The highest BCUT2D eigenvalue weighted by atomic mass is 16.3. The molecule has 0 aromatic carbocycles. The van der Waals surface area contributed by atoms with Crippen LogP contribution in [0.1, 0.15) is 32.1 Å². The van der Waals surface area contributed by atoms with Gasteiger partial charge < -0.3 is 15.7 Å². The number of amides is 1. The Kier molecular flexibility index (Phi) is 2.49. The van der Waals surface area contributed by atoms with Gasteiger partial charge in [0.1, 0.15) is 0 Å². The first-order chi connectivity index (χ1) is 6.67. The van der Waals surface area contributed by atoms with Gasteiger partial charge in [0.2, 0.25) is 5.91 Å². The summed E-state index contributed by atoms with van der Waals surface area (Å²) < 4.78 is 0. The third-order valence-electron chi connectivity index (χ3n) is 3.52. The van der Waals surface area contributed by atoms with Crippen molar-refractivity contribution >= 4 is 5.91 Å². The van der Waals surface area contributed by atoms with E-state index in [2.05, 4.69) is 0 Å². The van der Waals surface area contributed by atoms with E-state index in [-0.39, 0.29) is 18.6 Å². The smallest absolute Gasteiger partial charge is 0.242 e. The zero-order valence-electron chi connectivity index (χ0n) is 8.41. The maximum atomic E-state index is 12.0. The molecule has 80 valence electrons. The predicted molar refractivity (Wildman–Crippen MR) is 52.6 cm³/mol. The molecule has 4 heteroatoms. The van der Waals surface area contributed by atoms with Crippen LogP contribution in [0.15, 0.2) is 0 Å². The van der Waals surface area contributed by atoms with Crippen molar-refractivity contribution in [3.8, 4) is 0 Å². The van der Waals surface area contributed by atoms with E-state index in [0.717, 1.165) is 38.6 Å². The molecule has 1 aliphatic heterocycles. The Morgan fingerprint density at radius 3 is 2.71 bits per heavy atom. The minimum Gasteiger partial charge on any atom is -0.394 e. The molecule has 1 saturated heterocycles. The first kappa shape index (κ1) is 9.93. The maximum absolute atomic E-state index is 12.0. The molecule has 0 radical (unpaired) electrons. The van der Waals surface area contributed by atoms with Crippen LogP contribution in [-0.2, 0) is 4.79 Å². The van der Waals surface area contributed by atoms with E-state index in [4.69, 9.17) is 10.8 Å². The summed E-state index contributed by atoms with van der Waals surface area (Å²) in [5.41, 5.74) is 5.37. The van der Waals surface area contributed by atoms with Crippen LogP contribution in [0.3, 0.4) is 0 Å². The Balaban J connectivity index is 2.03. The van der Waals surface area contributed by atoms with Gasteiger partial charge >= 0.3 is 0 Å². The standard InChI is InChI=1S/C10H18N2O2/c11-10(4-2-5-10)9(14)12-6-1-3-8(12)7-13/h8,13H,1-7,11H2. The number of carbonyl (C=O) groups excluding carboxylic acids is 1. The lowest BCUT2D eigenvalue weighted by Gasteiger charge is -2.40. The van der Waals surface area contributed by atoms with Crippen molar-refractivity contribution in [3.63, 3.8) is 0 Å². The fraction of sp³-hybridized carbons (Fsp3) is 0.900. The molecular formula is C10H18N2O2. The predicted octanol–water partition coefficient (Wildman–Crippen LogP) is -0.149. The summed E-state index contributed by atoms with van der Waals surface area (Å²) in [6.45, 7) is 0.838. The summed E-state index contributed by atoms with van der Waals surface area (Å²) in [6, 6.07) is 0.0172. The molecule has 0 spiro atoms. The van der Waals surface area contributed by atoms with Crippen molar-refractivity contribution in [2.75, 3.05) is 13.2 Å². The fourth-order valence-electron chi connectivity index (χ4n) is 2.35. The van der Waals surface area contributed by atoms with Crippen LogP contribution >= 0.6 is 0 Å². The van der Waals surface area contributed by atoms with Crippen molar-refractivity contribution in [2.24, 2.45) is 5.73 Å². The van der Waals surface area contributed by atoms with Gasteiger partial charge in [0, 0.05) is 6.54 Å². The van der Waals surface area contributed by atoms with Gasteiger partial charge in [0.25, 0.3) is 0 Å². The molecule has 0 aromatic heterocycles. The highest BCUT2D eigenvalue weighted by molar-refractivity contribution is 5.87. The van der Waals surface area contributed by atoms with E-state index in [1.807, 2.05) is 0 Å². The summed E-state index contributed by atoms with van der Waals surface area (Å²) in [7, 11) is 0. The second kappa shape index (κ2) is 3.51. The molecule has 2 aliphatic rings. The molecular weight excluding hydrogens is 180 g/mol. The van der Waals surface area contributed by atoms with Crippen molar-refractivity contribution in [1.29, 1.82) is 0 Å². The molecule has 2 rings (SSSR count). The molecule has 2 fully saturated rings. The molecule has 3 N–H and O–H groups in total. The third kappa shape index (κ3) is 1.42. The van der Waals surface area contributed by atoms with Crippen molar-refractivity contribution in [2.45, 2.75) is 43.7 Å². The first-order valence-electron chi connectivity index (χ1n) is 5.38. The highest BCUT2D eigenvalue weighted by Gasteiger charge is 2.45. The minimum absolute atomic E-state index is 0.0172. The highest BCUT2D eigenvalue weighted by Crippen LogP contribution is 2.33. The Hall–Kier alpha value is -0.610. The maximum Gasteiger partial charge on any atom is 0.242 e. The van der Waals surface area contributed by atoms with Gasteiger partial charge in [-0.05, 0) is 32.1 Å². The van der Waals surface area contributed by atoms with Gasteiger partial charge in [-0.1, -0.05) is 0 Å². The van der Waals surface area contributed by atoms with Gasteiger partial charge in [-0.25, -0.2) is 0 Å². The monoisotopic (exact) mass is 198 g/mol. The molecule has 0 bridgehead atoms. The Bertz CT molecular complexity index is 238. The lowest BCUT2D eigenvalue weighted by Crippen LogP contribution is -2.60. The number of rotatable bonds is 2. The molecule has 1 amide bonds. The van der Waals surface area contributed by atoms with Crippen LogP contribution in [0.25, 0.3) is 0 Å². The molecule has 4 nitrogen and oxygen atoms in total. The average molecular weight is 198 g/mol. The van der Waals surface area contributed by atoms with Crippen molar-refractivity contribution < 1.29 is 9.90 Å². The van der Waals surface area contributed by atoms with E-state index < -0.39 is 5.54 Å². The van der Waals surface area contributed by atoms with Crippen LogP contribution in [0.2, 0.25) is 0 Å². The molecule has 0 aromatic rings. The van der Waals surface area contributed by atoms with E-state index in [9.17, 15) is 4.79 Å². The summed E-state index contributed by atoms with van der Waals surface area (Å²) in [5.74, 6) is 0.0558. The number of aliphatic hydroxyl groups excluding tert-OH is 1. The molecule has 1 atom stereocenters. The zero-order valence-corrected chi connectivity index (χ0v) is 8.41. The SMILES string of the molecule is NC1(C(=O)N2CCCC2CO)CCC1. The van der Waals surface area contributed by atoms with Gasteiger partial charge in [0.05, 0.1) is 18.2 Å². The Labute approximate surface area is 84.1 Å². The van der Waals surface area contributed by atoms with Crippen LogP contribution in [0.4, 0.5) is 0 Å². The van der Waals surface area contributed by atoms with Gasteiger partial charge in [-0.15, -0.1) is 0 Å². The van der Waals surface area contributed by atoms with E-state index in [1.54, 1.807) is 4.90 Å². The number of nitrogens with two attached hydrogens (primary N) is 1. The number of likely N-dealkylation sites (tertiary alicyclic amines) is 1. The summed E-state index contributed by atoms with van der Waals surface area (Å²) in [4.78, 5) is 13.8. The molecule has 1 unspecified atom stereocenters. The number of hydrogen-bond donors (Lipinski definition) is 2. The lowest BCUT2D eigenvalue weighted by molar-refractivity contribution is -0.141. The van der Waals surface area contributed by atoms with Crippen LogP contribution in [0.5, 0.6) is 0 Å². The minimum atomic E-state index is -0.599. The Morgan fingerprint density at radius 1 is 1.50 bits per heavy atom. The van der Waals surface area contributed by atoms with Crippen LogP contribution < -0.4 is 5.73 Å². The molecule has 1 heterocycles. The van der Waals surface area contributed by atoms with Crippen LogP contribution in [0, 0.1) is 0 Å². The third-order valence-corrected chi connectivity index (χ3v) is 3.52. The summed E-state index contributed by atoms with van der Waals surface area (Å²) >= 11 is 0. The second-order valence-corrected chi connectivity index (χ2v) is 4.49. The lowest BCUT2D eigenvalue weighted by atomic mass is 9.76. The molecule has 14 heavy (non-hydrogen) atoms. The molecule has 1 saturated carbocycles. The first-order valence-corrected chi connectivity index (χ1v) is 5.38. The quantitative estimate of drug-likeness (QED) is 0.648. The normalized spacial score (nSPS) is 30.1. The van der Waals surface area contributed by atoms with Crippen LogP contribution in [-0.4, -0.2) is 40.6 Å². The molecule has 1 aliphatic carbocycles. The Morgan fingerprint density at radius 2 is 2.21 bits per heavy atom. The fourth-order valence-corrected chi connectivity index (χ4v) is 2.35. The number of carbonyl (C=O) groups is 1. The van der Waals surface area contributed by atoms with E-state index >= 15 is 0 Å². The average Bonchev–Trinajstić information content (AvgIpc) is 2.60. The summed E-state index contributed by atoms with van der Waals surface area (Å²) in [5, 5.41) is 9.11. The number of hydrogen-bond acceptors (Lipinski definition) is 3.